The summed E-state index contributed by atoms with van der Waals surface area (Å²) in [4.78, 5) is 44.6. The van der Waals surface area contributed by atoms with Gasteiger partial charge in [-0.2, -0.15) is 0 Å². The van der Waals surface area contributed by atoms with Crippen molar-refractivity contribution in [2.45, 2.75) is 44.7 Å². The number of urea groups is 1. The second-order valence-corrected chi connectivity index (χ2v) is 9.68. The fourth-order valence-corrected chi connectivity index (χ4v) is 4.96. The number of halogens is 1. The number of likely N-dealkylation sites (tertiary alicyclic amines) is 1. The molecule has 2 N–H and O–H groups in total. The van der Waals surface area contributed by atoms with Gasteiger partial charge in [0.15, 0.2) is 0 Å². The zero-order valence-electron chi connectivity index (χ0n) is 20.2. The van der Waals surface area contributed by atoms with E-state index in [0.717, 1.165) is 12.1 Å². The Hall–Kier alpha value is -3.26. The number of carbonyl (C=O) groups excluding carboxylic acids is 3. The average molecular weight is 498 g/mol. The molecule has 1 atom stereocenters. The van der Waals surface area contributed by atoms with E-state index in [1.165, 1.54) is 0 Å². The first-order valence-corrected chi connectivity index (χ1v) is 12.4. The number of nitrogens with one attached hydrogen (secondary N) is 2. The van der Waals surface area contributed by atoms with E-state index in [1.807, 2.05) is 44.2 Å². The number of benzene rings is 2. The Balaban J connectivity index is 1.49. The summed E-state index contributed by atoms with van der Waals surface area (Å²) >= 11 is 6.03. The summed E-state index contributed by atoms with van der Waals surface area (Å²) in [5.41, 5.74) is 0.775. The minimum Gasteiger partial charge on any atom is -0.352 e. The summed E-state index contributed by atoms with van der Waals surface area (Å²) in [5, 5.41) is 6.38. The van der Waals surface area contributed by atoms with Crippen molar-refractivity contribution in [3.63, 3.8) is 0 Å². The van der Waals surface area contributed by atoms with Gasteiger partial charge in [-0.3, -0.25) is 9.59 Å². The van der Waals surface area contributed by atoms with Gasteiger partial charge >= 0.3 is 6.03 Å². The molecule has 35 heavy (non-hydrogen) atoms. The quantitative estimate of drug-likeness (QED) is 0.633. The molecule has 4 rings (SSSR count). The molecular weight excluding hydrogens is 466 g/mol. The van der Waals surface area contributed by atoms with Crippen molar-refractivity contribution in [2.75, 3.05) is 36.5 Å². The van der Waals surface area contributed by atoms with Crippen LogP contribution < -0.4 is 15.5 Å². The maximum absolute atomic E-state index is 13.7. The molecule has 2 aliphatic heterocycles. The fourth-order valence-electron chi connectivity index (χ4n) is 4.77. The molecule has 9 heteroatoms. The second-order valence-electron chi connectivity index (χ2n) is 9.24. The number of hydrogen-bond donors (Lipinski definition) is 2. The number of amides is 4. The predicted molar refractivity (Wildman–Crippen MR) is 137 cm³/mol. The molecule has 2 aromatic carbocycles. The summed E-state index contributed by atoms with van der Waals surface area (Å²) in [5.74, 6) is -0.216. The Morgan fingerprint density at radius 3 is 2.46 bits per heavy atom. The van der Waals surface area contributed by atoms with Crippen LogP contribution in [0.1, 0.15) is 33.1 Å². The Bertz CT molecular complexity index is 1070. The minimum absolute atomic E-state index is 0.0211. The topological polar surface area (TPSA) is 85.0 Å². The van der Waals surface area contributed by atoms with E-state index in [2.05, 4.69) is 15.5 Å². The van der Waals surface area contributed by atoms with E-state index >= 15 is 0 Å². The van der Waals surface area contributed by atoms with Gasteiger partial charge in [0.2, 0.25) is 5.91 Å². The number of hydrogen-bond acceptors (Lipinski definition) is 4. The summed E-state index contributed by atoms with van der Waals surface area (Å²) in [7, 11) is 0. The van der Waals surface area contributed by atoms with E-state index in [0.29, 0.717) is 43.3 Å². The molecule has 2 aliphatic rings. The molecule has 2 saturated heterocycles. The fraction of sp³-hybridized carbons (Fsp3) is 0.423. The van der Waals surface area contributed by atoms with Gasteiger partial charge in [-0.05, 0) is 56.5 Å². The summed E-state index contributed by atoms with van der Waals surface area (Å²) in [6.07, 6.45) is 1.78. The third-order valence-corrected chi connectivity index (χ3v) is 7.13. The SMILES string of the molecule is CCC(C)NC(=O)CN1CN(c2ccccc2)C2(CCN(C(=O)Nc3cccc(Cl)c3)CC2)C1=O. The summed E-state index contributed by atoms with van der Waals surface area (Å²) < 4.78 is 0. The van der Waals surface area contributed by atoms with Crippen molar-refractivity contribution >= 4 is 40.8 Å². The number of piperidine rings is 1. The molecule has 1 unspecified atom stereocenters. The van der Waals surface area contributed by atoms with E-state index in [1.54, 1.807) is 34.1 Å². The highest BCUT2D eigenvalue weighted by Crippen LogP contribution is 2.39. The van der Waals surface area contributed by atoms with Crippen LogP contribution in [0.5, 0.6) is 0 Å². The highest BCUT2D eigenvalue weighted by Gasteiger charge is 2.54. The molecular formula is C26H32ClN5O3. The maximum Gasteiger partial charge on any atom is 0.321 e. The average Bonchev–Trinajstić information content (AvgIpc) is 3.11. The molecule has 0 aliphatic carbocycles. The Morgan fingerprint density at radius 1 is 1.09 bits per heavy atom. The highest BCUT2D eigenvalue weighted by atomic mass is 35.5. The van der Waals surface area contributed by atoms with E-state index in [9.17, 15) is 14.4 Å². The van der Waals surface area contributed by atoms with E-state index in [4.69, 9.17) is 11.6 Å². The lowest BCUT2D eigenvalue weighted by molar-refractivity contribution is -0.137. The van der Waals surface area contributed by atoms with Gasteiger partial charge in [-0.1, -0.05) is 42.8 Å². The molecule has 0 aromatic heterocycles. The van der Waals surface area contributed by atoms with Crippen LogP contribution in [-0.4, -0.2) is 65.5 Å². The Kier molecular flexibility index (Phi) is 7.50. The monoisotopic (exact) mass is 497 g/mol. The number of para-hydroxylation sites is 1. The van der Waals surface area contributed by atoms with Crippen LogP contribution in [0.4, 0.5) is 16.2 Å². The predicted octanol–water partition coefficient (Wildman–Crippen LogP) is 3.93. The molecule has 0 radical (unpaired) electrons. The van der Waals surface area contributed by atoms with Gasteiger partial charge in [0.25, 0.3) is 5.91 Å². The Morgan fingerprint density at radius 2 is 1.80 bits per heavy atom. The maximum atomic E-state index is 13.7. The lowest BCUT2D eigenvalue weighted by Crippen LogP contribution is -2.58. The van der Waals surface area contributed by atoms with Gasteiger partial charge in [-0.25, -0.2) is 4.79 Å². The number of rotatable bonds is 6. The van der Waals surface area contributed by atoms with Crippen molar-refractivity contribution < 1.29 is 14.4 Å². The van der Waals surface area contributed by atoms with Crippen molar-refractivity contribution in [1.29, 1.82) is 0 Å². The highest BCUT2D eigenvalue weighted by molar-refractivity contribution is 6.30. The van der Waals surface area contributed by atoms with Crippen LogP contribution in [-0.2, 0) is 9.59 Å². The Labute approximate surface area is 211 Å². The molecule has 2 heterocycles. The lowest BCUT2D eigenvalue weighted by atomic mass is 9.85. The summed E-state index contributed by atoms with van der Waals surface area (Å²) in [6.45, 7) is 5.17. The first-order valence-electron chi connectivity index (χ1n) is 12.1. The molecule has 1 spiro atoms. The second kappa shape index (κ2) is 10.6. The van der Waals surface area contributed by atoms with Crippen molar-refractivity contribution in [1.82, 2.24) is 15.1 Å². The number of nitrogens with zero attached hydrogens (tertiary/aromatic N) is 3. The third kappa shape index (κ3) is 5.37. The normalized spacial score (nSPS) is 18.0. The first kappa shape index (κ1) is 24.9. The van der Waals surface area contributed by atoms with Crippen LogP contribution in [0.2, 0.25) is 5.02 Å². The minimum atomic E-state index is -0.787. The van der Waals surface area contributed by atoms with Crippen LogP contribution >= 0.6 is 11.6 Å². The van der Waals surface area contributed by atoms with Crippen molar-refractivity contribution in [3.8, 4) is 0 Å². The molecule has 2 aromatic rings. The van der Waals surface area contributed by atoms with Gasteiger partial charge < -0.3 is 25.3 Å². The van der Waals surface area contributed by atoms with Gasteiger partial charge in [0.1, 0.15) is 12.1 Å². The molecule has 0 bridgehead atoms. The van der Waals surface area contributed by atoms with Gasteiger partial charge in [0.05, 0.1) is 6.67 Å². The van der Waals surface area contributed by atoms with E-state index < -0.39 is 5.54 Å². The van der Waals surface area contributed by atoms with E-state index in [-0.39, 0.29) is 30.4 Å². The molecule has 0 saturated carbocycles. The smallest absolute Gasteiger partial charge is 0.321 e. The third-order valence-electron chi connectivity index (χ3n) is 6.89. The van der Waals surface area contributed by atoms with Crippen molar-refractivity contribution in [2.24, 2.45) is 0 Å². The van der Waals surface area contributed by atoms with Gasteiger partial charge in [-0.15, -0.1) is 0 Å². The number of anilines is 2. The van der Waals surface area contributed by atoms with Crippen LogP contribution in [0.25, 0.3) is 0 Å². The van der Waals surface area contributed by atoms with Gasteiger partial charge in [0, 0.05) is 35.5 Å². The van der Waals surface area contributed by atoms with Crippen LogP contribution in [0.15, 0.2) is 54.6 Å². The largest absolute Gasteiger partial charge is 0.352 e. The molecule has 4 amide bonds. The zero-order chi connectivity index (χ0) is 25.0. The molecule has 186 valence electrons. The van der Waals surface area contributed by atoms with Crippen molar-refractivity contribution in [3.05, 3.63) is 59.6 Å². The van der Waals surface area contributed by atoms with Crippen LogP contribution in [0, 0.1) is 0 Å². The lowest BCUT2D eigenvalue weighted by Gasteiger charge is -2.43. The van der Waals surface area contributed by atoms with Crippen LogP contribution in [0.3, 0.4) is 0 Å². The molecule has 2 fully saturated rings. The number of carbonyl (C=O) groups is 3. The first-order chi connectivity index (χ1) is 16.8. The molecule has 8 nitrogen and oxygen atoms in total. The summed E-state index contributed by atoms with van der Waals surface area (Å²) in [6, 6.07) is 16.6. The standard InChI is InChI=1S/C26H32ClN5O3/c1-3-19(2)28-23(33)17-31-18-32(22-10-5-4-6-11-22)26(24(31)34)12-14-30(15-13-26)25(35)29-21-9-7-8-20(27)16-21/h4-11,16,19H,3,12-15,17-18H2,1-2H3,(H,28,33)(H,29,35). The zero-order valence-corrected chi connectivity index (χ0v) is 20.9.